The van der Waals surface area contributed by atoms with Crippen LogP contribution >= 0.6 is 11.8 Å². The van der Waals surface area contributed by atoms with Crippen LogP contribution in [0.4, 0.5) is 10.1 Å². The molecule has 0 unspecified atom stereocenters. The Balaban J connectivity index is 1.38. The number of carbonyl (C=O) groups excluding carboxylic acids is 2. The molecular weight excluding hydrogens is 429 g/mol. The number of carbonyl (C=O) groups is 2. The minimum absolute atomic E-state index is 0.105. The number of amides is 2. The maximum absolute atomic E-state index is 13.2. The van der Waals surface area contributed by atoms with E-state index in [1.165, 1.54) is 23.9 Å². The van der Waals surface area contributed by atoms with Crippen molar-refractivity contribution in [2.24, 2.45) is 7.05 Å². The molecule has 2 N–H and O–H groups in total. The molecule has 32 heavy (non-hydrogen) atoms. The second kappa shape index (κ2) is 9.95. The first-order chi connectivity index (χ1) is 15.5. The fourth-order valence-electron chi connectivity index (χ4n) is 3.73. The van der Waals surface area contributed by atoms with Gasteiger partial charge in [0.2, 0.25) is 5.91 Å². The van der Waals surface area contributed by atoms with Gasteiger partial charge in [-0.2, -0.15) is 0 Å². The number of anilines is 1. The number of para-hydroxylation sites is 1. The summed E-state index contributed by atoms with van der Waals surface area (Å²) in [5.41, 5.74) is 1.67. The molecule has 1 fully saturated rings. The van der Waals surface area contributed by atoms with Crippen LogP contribution < -0.4 is 10.6 Å². The van der Waals surface area contributed by atoms with Gasteiger partial charge < -0.3 is 15.2 Å². The summed E-state index contributed by atoms with van der Waals surface area (Å²) in [5, 5.41) is 14.7. The summed E-state index contributed by atoms with van der Waals surface area (Å²) in [6, 6.07) is 13.2. The maximum Gasteiger partial charge on any atom is 0.253 e. The van der Waals surface area contributed by atoms with E-state index in [4.69, 9.17) is 0 Å². The molecule has 3 aromatic rings. The minimum Gasteiger partial charge on any atom is -0.349 e. The van der Waals surface area contributed by atoms with Crippen molar-refractivity contribution in [2.45, 2.75) is 36.9 Å². The summed E-state index contributed by atoms with van der Waals surface area (Å²) < 4.78 is 14.9. The second-order valence-corrected chi connectivity index (χ2v) is 8.65. The van der Waals surface area contributed by atoms with Gasteiger partial charge >= 0.3 is 0 Å². The van der Waals surface area contributed by atoms with Crippen molar-refractivity contribution < 1.29 is 14.0 Å². The summed E-state index contributed by atoms with van der Waals surface area (Å²) in [6.45, 7) is 0. The first kappa shape index (κ1) is 22.0. The van der Waals surface area contributed by atoms with Crippen molar-refractivity contribution in [3.63, 3.8) is 0 Å². The molecule has 0 bridgehead atoms. The number of nitrogens with one attached hydrogen (secondary N) is 2. The SMILES string of the molecule is Cn1c(SCC(=O)Nc2ccccc2C(=O)NC2CCCC2)nnc1-c1ccc(F)cc1. The van der Waals surface area contributed by atoms with Crippen LogP contribution in [0.2, 0.25) is 0 Å². The molecule has 0 radical (unpaired) electrons. The molecule has 7 nitrogen and oxygen atoms in total. The number of halogens is 1. The highest BCUT2D eigenvalue weighted by atomic mass is 32.2. The fourth-order valence-corrected chi connectivity index (χ4v) is 4.44. The molecule has 1 aliphatic carbocycles. The molecule has 4 rings (SSSR count). The molecule has 1 saturated carbocycles. The van der Waals surface area contributed by atoms with Crippen LogP contribution in [-0.4, -0.2) is 38.4 Å². The molecule has 1 aromatic heterocycles. The van der Waals surface area contributed by atoms with Crippen LogP contribution in [0.3, 0.4) is 0 Å². The van der Waals surface area contributed by atoms with E-state index in [2.05, 4.69) is 20.8 Å². The highest BCUT2D eigenvalue weighted by Gasteiger charge is 2.20. The quantitative estimate of drug-likeness (QED) is 0.528. The predicted octanol–water partition coefficient (Wildman–Crippen LogP) is 4.02. The van der Waals surface area contributed by atoms with E-state index in [-0.39, 0.29) is 29.4 Å². The third-order valence-corrected chi connectivity index (χ3v) is 6.43. The van der Waals surface area contributed by atoms with Gasteiger partial charge in [-0.25, -0.2) is 4.39 Å². The Morgan fingerprint density at radius 2 is 1.81 bits per heavy atom. The molecular formula is C23H24FN5O2S. The largest absolute Gasteiger partial charge is 0.349 e. The van der Waals surface area contributed by atoms with Gasteiger partial charge in [0.05, 0.1) is 17.0 Å². The van der Waals surface area contributed by atoms with Crippen molar-refractivity contribution >= 4 is 29.3 Å². The highest BCUT2D eigenvalue weighted by Crippen LogP contribution is 2.24. The molecule has 0 atom stereocenters. The summed E-state index contributed by atoms with van der Waals surface area (Å²) in [6.07, 6.45) is 4.25. The third kappa shape index (κ3) is 5.16. The number of aromatic nitrogens is 3. The minimum atomic E-state index is -0.320. The Kier molecular flexibility index (Phi) is 6.84. The van der Waals surface area contributed by atoms with Gasteiger partial charge in [0.1, 0.15) is 5.82 Å². The Morgan fingerprint density at radius 1 is 1.09 bits per heavy atom. The molecule has 2 aromatic carbocycles. The van der Waals surface area contributed by atoms with E-state index in [0.717, 1.165) is 31.2 Å². The number of rotatable bonds is 7. The van der Waals surface area contributed by atoms with Crippen molar-refractivity contribution in [1.29, 1.82) is 0 Å². The fraction of sp³-hybridized carbons (Fsp3) is 0.304. The number of thioether (sulfide) groups is 1. The van der Waals surface area contributed by atoms with E-state index in [9.17, 15) is 14.0 Å². The smallest absolute Gasteiger partial charge is 0.253 e. The van der Waals surface area contributed by atoms with E-state index in [0.29, 0.717) is 22.2 Å². The van der Waals surface area contributed by atoms with Gasteiger partial charge in [-0.15, -0.1) is 10.2 Å². The van der Waals surface area contributed by atoms with Crippen LogP contribution in [0.5, 0.6) is 0 Å². The van der Waals surface area contributed by atoms with E-state index < -0.39 is 0 Å². The number of benzene rings is 2. The Labute approximate surface area is 189 Å². The van der Waals surface area contributed by atoms with Gasteiger partial charge in [-0.1, -0.05) is 36.7 Å². The molecule has 2 amide bonds. The average Bonchev–Trinajstić information content (AvgIpc) is 3.43. The Hall–Kier alpha value is -3.20. The summed E-state index contributed by atoms with van der Waals surface area (Å²) >= 11 is 1.24. The summed E-state index contributed by atoms with van der Waals surface area (Å²) in [7, 11) is 1.79. The lowest BCUT2D eigenvalue weighted by molar-refractivity contribution is -0.113. The van der Waals surface area contributed by atoms with Gasteiger partial charge in [0.25, 0.3) is 5.91 Å². The van der Waals surface area contributed by atoms with Gasteiger partial charge in [-0.3, -0.25) is 9.59 Å². The van der Waals surface area contributed by atoms with Crippen LogP contribution in [0, 0.1) is 5.82 Å². The molecule has 166 valence electrons. The van der Waals surface area contributed by atoms with Crippen LogP contribution in [0.15, 0.2) is 53.7 Å². The lowest BCUT2D eigenvalue weighted by Gasteiger charge is -2.15. The first-order valence-electron chi connectivity index (χ1n) is 10.5. The zero-order chi connectivity index (χ0) is 22.5. The van der Waals surface area contributed by atoms with E-state index in [1.54, 1.807) is 48.0 Å². The van der Waals surface area contributed by atoms with Gasteiger partial charge in [-0.05, 0) is 49.2 Å². The van der Waals surface area contributed by atoms with Crippen molar-refractivity contribution in [3.05, 3.63) is 59.9 Å². The molecule has 0 saturated heterocycles. The molecule has 1 heterocycles. The van der Waals surface area contributed by atoms with E-state index >= 15 is 0 Å². The zero-order valence-corrected chi connectivity index (χ0v) is 18.5. The summed E-state index contributed by atoms with van der Waals surface area (Å²) in [5.74, 6) is -0.0464. The molecule has 9 heteroatoms. The second-order valence-electron chi connectivity index (χ2n) is 7.71. The molecule has 1 aliphatic rings. The Bertz CT molecular complexity index is 1110. The molecule has 0 spiro atoms. The normalized spacial score (nSPS) is 13.8. The molecule has 0 aliphatic heterocycles. The van der Waals surface area contributed by atoms with Crippen LogP contribution in [0.25, 0.3) is 11.4 Å². The van der Waals surface area contributed by atoms with Crippen LogP contribution in [0.1, 0.15) is 36.0 Å². The third-order valence-electron chi connectivity index (χ3n) is 5.41. The van der Waals surface area contributed by atoms with Crippen molar-refractivity contribution in [3.8, 4) is 11.4 Å². The number of nitrogens with zero attached hydrogens (tertiary/aromatic N) is 3. The van der Waals surface area contributed by atoms with Gasteiger partial charge in [0.15, 0.2) is 11.0 Å². The van der Waals surface area contributed by atoms with Crippen molar-refractivity contribution in [2.75, 3.05) is 11.1 Å². The standard InChI is InChI=1S/C23H24FN5O2S/c1-29-21(15-10-12-16(24)13-11-15)27-28-23(29)32-14-20(30)26-19-9-5-4-8-18(19)22(31)25-17-6-2-3-7-17/h4-5,8-13,17H,2-3,6-7,14H2,1H3,(H,25,31)(H,26,30). The number of hydrogen-bond donors (Lipinski definition) is 2. The number of hydrogen-bond acceptors (Lipinski definition) is 5. The lowest BCUT2D eigenvalue weighted by atomic mass is 10.1. The maximum atomic E-state index is 13.2. The zero-order valence-electron chi connectivity index (χ0n) is 17.7. The van der Waals surface area contributed by atoms with Crippen molar-refractivity contribution in [1.82, 2.24) is 20.1 Å². The summed E-state index contributed by atoms with van der Waals surface area (Å²) in [4.78, 5) is 25.2. The Morgan fingerprint density at radius 3 is 2.56 bits per heavy atom. The van der Waals surface area contributed by atoms with E-state index in [1.807, 2.05) is 0 Å². The first-order valence-corrected chi connectivity index (χ1v) is 11.5. The van der Waals surface area contributed by atoms with Gasteiger partial charge in [0, 0.05) is 18.7 Å². The average molecular weight is 454 g/mol. The highest BCUT2D eigenvalue weighted by molar-refractivity contribution is 7.99. The topological polar surface area (TPSA) is 88.9 Å². The monoisotopic (exact) mass is 453 g/mol. The predicted molar refractivity (Wildman–Crippen MR) is 122 cm³/mol. The van der Waals surface area contributed by atoms with Crippen LogP contribution in [-0.2, 0) is 11.8 Å². The lowest BCUT2D eigenvalue weighted by Crippen LogP contribution is -2.33.